The summed E-state index contributed by atoms with van der Waals surface area (Å²) in [4.78, 5) is 14.6. The number of ether oxygens (including phenoxy) is 1. The standard InChI is InChI=1S/C18H26N2O2/c1-22-17-9-5-4-8-16(17)19-18(21)13-20-11-10-14-6-2-3-7-15(14)12-20/h4-5,8-9,14-15H,2-3,6-7,10-13H2,1H3,(H,19,21)/t14-,15+/m1/s1. The average Bonchev–Trinajstić information content (AvgIpc) is 2.55. The maximum Gasteiger partial charge on any atom is 0.238 e. The Morgan fingerprint density at radius 3 is 2.82 bits per heavy atom. The first-order valence-electron chi connectivity index (χ1n) is 8.41. The van der Waals surface area contributed by atoms with E-state index in [9.17, 15) is 4.79 Å². The number of nitrogens with zero attached hydrogens (tertiary/aromatic N) is 1. The lowest BCUT2D eigenvalue weighted by Crippen LogP contribution is -2.44. The lowest BCUT2D eigenvalue weighted by molar-refractivity contribution is -0.118. The zero-order valence-corrected chi connectivity index (χ0v) is 13.4. The highest BCUT2D eigenvalue weighted by atomic mass is 16.5. The third kappa shape index (κ3) is 3.61. The summed E-state index contributed by atoms with van der Waals surface area (Å²) in [7, 11) is 1.62. The first-order valence-corrected chi connectivity index (χ1v) is 8.41. The molecule has 1 aliphatic carbocycles. The number of anilines is 1. The smallest absolute Gasteiger partial charge is 0.238 e. The Balaban J connectivity index is 1.53. The second-order valence-corrected chi connectivity index (χ2v) is 6.58. The van der Waals surface area contributed by atoms with Crippen molar-refractivity contribution in [1.29, 1.82) is 0 Å². The van der Waals surface area contributed by atoms with E-state index in [1.807, 2.05) is 24.3 Å². The Hall–Kier alpha value is -1.55. The van der Waals surface area contributed by atoms with Crippen LogP contribution >= 0.6 is 0 Å². The van der Waals surface area contributed by atoms with E-state index in [2.05, 4.69) is 10.2 Å². The molecule has 3 rings (SSSR count). The van der Waals surface area contributed by atoms with Crippen molar-refractivity contribution in [3.63, 3.8) is 0 Å². The Labute approximate surface area is 132 Å². The van der Waals surface area contributed by atoms with Crippen molar-refractivity contribution in [1.82, 2.24) is 4.90 Å². The van der Waals surface area contributed by atoms with E-state index in [4.69, 9.17) is 4.74 Å². The van der Waals surface area contributed by atoms with Gasteiger partial charge in [0.15, 0.2) is 0 Å². The highest BCUT2D eigenvalue weighted by Gasteiger charge is 2.31. The van der Waals surface area contributed by atoms with Crippen molar-refractivity contribution in [2.75, 3.05) is 32.1 Å². The number of para-hydroxylation sites is 2. The lowest BCUT2D eigenvalue weighted by atomic mass is 9.75. The largest absolute Gasteiger partial charge is 0.495 e. The fourth-order valence-corrected chi connectivity index (χ4v) is 3.96. The van der Waals surface area contributed by atoms with Crippen LogP contribution in [0.5, 0.6) is 5.75 Å². The van der Waals surface area contributed by atoms with E-state index >= 15 is 0 Å². The minimum atomic E-state index is 0.0544. The number of nitrogens with one attached hydrogen (secondary N) is 1. The van der Waals surface area contributed by atoms with E-state index in [0.29, 0.717) is 12.3 Å². The molecule has 1 N–H and O–H groups in total. The fraction of sp³-hybridized carbons (Fsp3) is 0.611. The van der Waals surface area contributed by atoms with Crippen LogP contribution < -0.4 is 10.1 Å². The summed E-state index contributed by atoms with van der Waals surface area (Å²) in [5.41, 5.74) is 0.752. The van der Waals surface area contributed by atoms with Crippen molar-refractivity contribution >= 4 is 11.6 Å². The quantitative estimate of drug-likeness (QED) is 0.929. The first kappa shape index (κ1) is 15.3. The van der Waals surface area contributed by atoms with E-state index < -0.39 is 0 Å². The summed E-state index contributed by atoms with van der Waals surface area (Å²) < 4.78 is 5.28. The molecule has 1 heterocycles. The van der Waals surface area contributed by atoms with Gasteiger partial charge in [0.25, 0.3) is 0 Å². The number of benzene rings is 1. The molecular weight excluding hydrogens is 276 g/mol. The Morgan fingerprint density at radius 2 is 2.00 bits per heavy atom. The predicted molar refractivity (Wildman–Crippen MR) is 88.1 cm³/mol. The number of hydrogen-bond acceptors (Lipinski definition) is 3. The Bertz CT molecular complexity index is 518. The molecule has 22 heavy (non-hydrogen) atoms. The molecule has 0 bridgehead atoms. The van der Waals surface area contributed by atoms with Crippen molar-refractivity contribution in [2.24, 2.45) is 11.8 Å². The molecule has 120 valence electrons. The van der Waals surface area contributed by atoms with Crippen LogP contribution in [0.3, 0.4) is 0 Å². The number of carbonyl (C=O) groups is 1. The number of amides is 1. The van der Waals surface area contributed by atoms with Gasteiger partial charge in [0.2, 0.25) is 5.91 Å². The first-order chi connectivity index (χ1) is 10.8. The van der Waals surface area contributed by atoms with Crippen LogP contribution in [0.2, 0.25) is 0 Å². The monoisotopic (exact) mass is 302 g/mol. The molecule has 1 saturated carbocycles. The zero-order chi connectivity index (χ0) is 15.4. The van der Waals surface area contributed by atoms with Gasteiger partial charge >= 0.3 is 0 Å². The molecule has 1 aromatic carbocycles. The maximum absolute atomic E-state index is 12.3. The van der Waals surface area contributed by atoms with Gasteiger partial charge in [-0.2, -0.15) is 0 Å². The summed E-state index contributed by atoms with van der Waals surface area (Å²) in [6, 6.07) is 7.56. The molecule has 2 atom stereocenters. The number of rotatable bonds is 4. The van der Waals surface area contributed by atoms with E-state index in [0.717, 1.165) is 30.6 Å². The van der Waals surface area contributed by atoms with Gasteiger partial charge in [0.05, 0.1) is 19.3 Å². The lowest BCUT2D eigenvalue weighted by Gasteiger charge is -2.41. The Kier molecular flexibility index (Phi) is 4.98. The summed E-state index contributed by atoms with van der Waals surface area (Å²) in [6.45, 7) is 2.63. The third-order valence-electron chi connectivity index (χ3n) is 5.12. The minimum absolute atomic E-state index is 0.0544. The van der Waals surface area contributed by atoms with Crippen LogP contribution in [0.4, 0.5) is 5.69 Å². The molecular formula is C18H26N2O2. The normalized spacial score (nSPS) is 25.3. The molecule has 0 radical (unpaired) electrons. The van der Waals surface area contributed by atoms with Crippen LogP contribution in [0, 0.1) is 11.8 Å². The van der Waals surface area contributed by atoms with Gasteiger partial charge < -0.3 is 10.1 Å². The van der Waals surface area contributed by atoms with Crippen molar-refractivity contribution in [3.05, 3.63) is 24.3 Å². The second kappa shape index (κ2) is 7.14. The molecule has 2 fully saturated rings. The number of likely N-dealkylation sites (tertiary alicyclic amines) is 1. The fourth-order valence-electron chi connectivity index (χ4n) is 3.96. The van der Waals surface area contributed by atoms with Gasteiger partial charge in [-0.25, -0.2) is 0 Å². The van der Waals surface area contributed by atoms with Crippen LogP contribution in [-0.2, 0) is 4.79 Å². The number of piperidine rings is 1. The van der Waals surface area contributed by atoms with Crippen LogP contribution in [0.1, 0.15) is 32.1 Å². The predicted octanol–water partition coefficient (Wildman–Crippen LogP) is 3.15. The van der Waals surface area contributed by atoms with Crippen LogP contribution in [-0.4, -0.2) is 37.6 Å². The van der Waals surface area contributed by atoms with Gasteiger partial charge in [-0.1, -0.05) is 31.4 Å². The summed E-state index contributed by atoms with van der Waals surface area (Å²) >= 11 is 0. The SMILES string of the molecule is COc1ccccc1NC(=O)CN1CC[C@H]2CCCC[C@H]2C1. The molecule has 1 aromatic rings. The second-order valence-electron chi connectivity index (χ2n) is 6.58. The van der Waals surface area contributed by atoms with Gasteiger partial charge in [-0.05, 0) is 43.4 Å². The number of hydrogen-bond donors (Lipinski definition) is 1. The molecule has 1 aliphatic heterocycles. The number of fused-ring (bicyclic) bond motifs is 1. The summed E-state index contributed by atoms with van der Waals surface area (Å²) in [5, 5.41) is 2.98. The van der Waals surface area contributed by atoms with Gasteiger partial charge in [0, 0.05) is 6.54 Å². The highest BCUT2D eigenvalue weighted by Crippen LogP contribution is 2.35. The third-order valence-corrected chi connectivity index (χ3v) is 5.12. The van der Waals surface area contributed by atoms with Gasteiger partial charge in [-0.3, -0.25) is 9.69 Å². The summed E-state index contributed by atoms with van der Waals surface area (Å²) in [6.07, 6.45) is 6.76. The van der Waals surface area contributed by atoms with Crippen molar-refractivity contribution in [3.8, 4) is 5.75 Å². The summed E-state index contributed by atoms with van der Waals surface area (Å²) in [5.74, 6) is 2.48. The van der Waals surface area contributed by atoms with Crippen molar-refractivity contribution < 1.29 is 9.53 Å². The van der Waals surface area contributed by atoms with Crippen LogP contribution in [0.15, 0.2) is 24.3 Å². The molecule has 0 aromatic heterocycles. The molecule has 0 spiro atoms. The maximum atomic E-state index is 12.3. The zero-order valence-electron chi connectivity index (χ0n) is 13.4. The Morgan fingerprint density at radius 1 is 1.23 bits per heavy atom. The highest BCUT2D eigenvalue weighted by molar-refractivity contribution is 5.93. The van der Waals surface area contributed by atoms with Crippen molar-refractivity contribution in [2.45, 2.75) is 32.1 Å². The van der Waals surface area contributed by atoms with E-state index in [-0.39, 0.29) is 5.91 Å². The number of methoxy groups -OCH3 is 1. The topological polar surface area (TPSA) is 41.6 Å². The molecule has 2 aliphatic rings. The van der Waals surface area contributed by atoms with Gasteiger partial charge in [0.1, 0.15) is 5.75 Å². The minimum Gasteiger partial charge on any atom is -0.495 e. The molecule has 4 heteroatoms. The van der Waals surface area contributed by atoms with Gasteiger partial charge in [-0.15, -0.1) is 0 Å². The van der Waals surface area contributed by atoms with E-state index in [1.165, 1.54) is 32.1 Å². The average molecular weight is 302 g/mol. The molecule has 4 nitrogen and oxygen atoms in total. The molecule has 1 amide bonds. The van der Waals surface area contributed by atoms with E-state index in [1.54, 1.807) is 7.11 Å². The molecule has 0 unspecified atom stereocenters. The van der Waals surface area contributed by atoms with Crippen LogP contribution in [0.25, 0.3) is 0 Å². The molecule has 1 saturated heterocycles. The number of carbonyl (C=O) groups excluding carboxylic acids is 1.